The first-order valence-corrected chi connectivity index (χ1v) is 8.18. The Hall–Kier alpha value is -2.01. The van der Waals surface area contributed by atoms with E-state index >= 15 is 0 Å². The molecule has 0 fully saturated rings. The minimum Gasteiger partial charge on any atom is -0.320 e. The molecule has 23 heavy (non-hydrogen) atoms. The van der Waals surface area contributed by atoms with E-state index in [1.807, 2.05) is 49.3 Å². The molecule has 1 aromatic heterocycles. The number of aryl methyl sites for hydroxylation is 2. The van der Waals surface area contributed by atoms with Gasteiger partial charge in [-0.1, -0.05) is 37.1 Å². The second kappa shape index (κ2) is 8.02. The van der Waals surface area contributed by atoms with Gasteiger partial charge >= 0.3 is 6.03 Å². The van der Waals surface area contributed by atoms with Crippen LogP contribution in [0.5, 0.6) is 0 Å². The van der Waals surface area contributed by atoms with Crippen molar-refractivity contribution in [1.29, 1.82) is 0 Å². The zero-order valence-electron chi connectivity index (χ0n) is 13.8. The Morgan fingerprint density at radius 3 is 2.61 bits per heavy atom. The van der Waals surface area contributed by atoms with Gasteiger partial charge in [-0.15, -0.1) is 0 Å². The molecule has 0 unspecified atom stereocenters. The number of amides is 2. The lowest BCUT2D eigenvalue weighted by atomic mass is 10.2. The monoisotopic (exact) mass is 334 g/mol. The van der Waals surface area contributed by atoms with Crippen molar-refractivity contribution in [3.63, 3.8) is 0 Å². The molecule has 0 saturated carbocycles. The fraction of sp³-hybridized carbons (Fsp3) is 0.412. The van der Waals surface area contributed by atoms with E-state index in [9.17, 15) is 4.79 Å². The normalized spacial score (nSPS) is 10.6. The van der Waals surface area contributed by atoms with E-state index in [0.717, 1.165) is 29.8 Å². The Morgan fingerprint density at radius 1 is 1.35 bits per heavy atom. The van der Waals surface area contributed by atoms with E-state index in [4.69, 9.17) is 11.6 Å². The topological polar surface area (TPSA) is 50.2 Å². The molecular formula is C17H23ClN4O. The van der Waals surface area contributed by atoms with Gasteiger partial charge in [0.2, 0.25) is 0 Å². The van der Waals surface area contributed by atoms with E-state index in [-0.39, 0.29) is 6.03 Å². The molecule has 0 aliphatic rings. The van der Waals surface area contributed by atoms with Gasteiger partial charge < -0.3 is 10.2 Å². The van der Waals surface area contributed by atoms with Gasteiger partial charge in [-0.05, 0) is 31.0 Å². The van der Waals surface area contributed by atoms with Crippen molar-refractivity contribution in [3.05, 3.63) is 46.7 Å². The molecule has 124 valence electrons. The third-order valence-corrected chi connectivity index (χ3v) is 3.86. The average Bonchev–Trinajstić information content (AvgIpc) is 2.83. The second-order valence-electron chi connectivity index (χ2n) is 5.63. The predicted molar refractivity (Wildman–Crippen MR) is 93.7 cm³/mol. The van der Waals surface area contributed by atoms with Gasteiger partial charge in [-0.25, -0.2) is 4.79 Å². The summed E-state index contributed by atoms with van der Waals surface area (Å²) in [6, 6.07) is 7.48. The highest BCUT2D eigenvalue weighted by molar-refractivity contribution is 6.30. The van der Waals surface area contributed by atoms with Crippen molar-refractivity contribution in [2.45, 2.75) is 33.2 Å². The maximum atomic E-state index is 12.6. The zero-order chi connectivity index (χ0) is 16.8. The Labute approximate surface area is 142 Å². The van der Waals surface area contributed by atoms with Crippen molar-refractivity contribution in [1.82, 2.24) is 14.7 Å². The predicted octanol–water partition coefficient (Wildman–Crippen LogP) is 4.22. The fourth-order valence-electron chi connectivity index (χ4n) is 2.33. The van der Waals surface area contributed by atoms with Crippen LogP contribution in [0, 0.1) is 6.92 Å². The van der Waals surface area contributed by atoms with Gasteiger partial charge in [0.25, 0.3) is 0 Å². The lowest BCUT2D eigenvalue weighted by molar-refractivity contribution is 0.208. The van der Waals surface area contributed by atoms with Crippen molar-refractivity contribution in [2.24, 2.45) is 7.05 Å². The summed E-state index contributed by atoms with van der Waals surface area (Å²) in [7, 11) is 1.84. The van der Waals surface area contributed by atoms with Crippen LogP contribution in [0.15, 0.2) is 30.5 Å². The summed E-state index contributed by atoms with van der Waals surface area (Å²) in [5, 5.41) is 7.90. The number of anilines is 1. The van der Waals surface area contributed by atoms with Crippen molar-refractivity contribution < 1.29 is 4.79 Å². The zero-order valence-corrected chi connectivity index (χ0v) is 14.6. The number of benzene rings is 1. The number of nitrogens with one attached hydrogen (secondary N) is 1. The Balaban J connectivity index is 2.08. The summed E-state index contributed by atoms with van der Waals surface area (Å²) < 4.78 is 1.69. The molecule has 0 spiro atoms. The Bertz CT molecular complexity index is 651. The number of halogens is 1. The molecule has 0 aliphatic carbocycles. The smallest absolute Gasteiger partial charge is 0.320 e. The third kappa shape index (κ3) is 4.99. The standard InChI is InChI=1S/C17H23ClN4O/c1-4-5-10-22(11-14-6-8-15(18)9-7-14)17(23)19-16-12-21(3)20-13(16)2/h6-9,12H,4-5,10-11H2,1-3H3,(H,19,23). The van der Waals surface area contributed by atoms with Gasteiger partial charge in [0.05, 0.1) is 11.4 Å². The summed E-state index contributed by atoms with van der Waals surface area (Å²) in [5.41, 5.74) is 2.61. The average molecular weight is 335 g/mol. The number of carbonyl (C=O) groups excluding carboxylic acids is 1. The number of hydrogen-bond donors (Lipinski definition) is 1. The van der Waals surface area contributed by atoms with Crippen LogP contribution in [0.25, 0.3) is 0 Å². The quantitative estimate of drug-likeness (QED) is 0.860. The molecule has 2 rings (SSSR count). The largest absolute Gasteiger partial charge is 0.322 e. The van der Waals surface area contributed by atoms with E-state index in [1.165, 1.54) is 0 Å². The van der Waals surface area contributed by atoms with Crippen LogP contribution in [0.4, 0.5) is 10.5 Å². The van der Waals surface area contributed by atoms with Crippen molar-refractivity contribution in [3.8, 4) is 0 Å². The van der Waals surface area contributed by atoms with Gasteiger partial charge in [0, 0.05) is 31.4 Å². The molecule has 0 radical (unpaired) electrons. The van der Waals surface area contributed by atoms with E-state index in [0.29, 0.717) is 18.1 Å². The van der Waals surface area contributed by atoms with Gasteiger partial charge in [0.15, 0.2) is 0 Å². The highest BCUT2D eigenvalue weighted by Crippen LogP contribution is 2.15. The Kier molecular flexibility index (Phi) is 6.04. The summed E-state index contributed by atoms with van der Waals surface area (Å²) in [6.45, 7) is 5.27. The maximum Gasteiger partial charge on any atom is 0.322 e. The van der Waals surface area contributed by atoms with Crippen LogP contribution in [-0.2, 0) is 13.6 Å². The van der Waals surface area contributed by atoms with Crippen LogP contribution >= 0.6 is 11.6 Å². The fourth-order valence-corrected chi connectivity index (χ4v) is 2.45. The number of rotatable bonds is 6. The summed E-state index contributed by atoms with van der Waals surface area (Å²) in [4.78, 5) is 14.4. The van der Waals surface area contributed by atoms with Crippen molar-refractivity contribution >= 4 is 23.3 Å². The molecule has 0 aliphatic heterocycles. The van der Waals surface area contributed by atoms with Crippen molar-refractivity contribution in [2.75, 3.05) is 11.9 Å². The number of nitrogens with zero attached hydrogens (tertiary/aromatic N) is 3. The SMILES string of the molecule is CCCCN(Cc1ccc(Cl)cc1)C(=O)Nc1cn(C)nc1C. The Morgan fingerprint density at radius 2 is 2.04 bits per heavy atom. The molecule has 5 nitrogen and oxygen atoms in total. The molecule has 1 heterocycles. The molecule has 0 atom stereocenters. The minimum atomic E-state index is -0.107. The van der Waals surface area contributed by atoms with Gasteiger partial charge in [-0.3, -0.25) is 4.68 Å². The second-order valence-corrected chi connectivity index (χ2v) is 6.07. The highest BCUT2D eigenvalue weighted by atomic mass is 35.5. The number of aromatic nitrogens is 2. The minimum absolute atomic E-state index is 0.107. The highest BCUT2D eigenvalue weighted by Gasteiger charge is 2.15. The molecule has 2 amide bonds. The molecule has 1 N–H and O–H groups in total. The number of urea groups is 1. The molecule has 1 aromatic carbocycles. The molecule has 6 heteroatoms. The van der Waals surface area contributed by atoms with Gasteiger partial charge in [-0.2, -0.15) is 5.10 Å². The van der Waals surface area contributed by atoms with Crippen LogP contribution in [0.3, 0.4) is 0 Å². The van der Waals surface area contributed by atoms with Crippen LogP contribution < -0.4 is 5.32 Å². The summed E-state index contributed by atoms with van der Waals surface area (Å²) in [6.07, 6.45) is 3.82. The maximum absolute atomic E-state index is 12.6. The summed E-state index contributed by atoms with van der Waals surface area (Å²) in [5.74, 6) is 0. The van der Waals surface area contributed by atoms with Gasteiger partial charge in [0.1, 0.15) is 0 Å². The number of hydrogen-bond acceptors (Lipinski definition) is 2. The van der Waals surface area contributed by atoms with Crippen LogP contribution in [0.2, 0.25) is 5.02 Å². The first-order chi connectivity index (χ1) is 11.0. The molecule has 2 aromatic rings. The molecule has 0 saturated heterocycles. The lowest BCUT2D eigenvalue weighted by Gasteiger charge is -2.23. The number of carbonyl (C=O) groups is 1. The summed E-state index contributed by atoms with van der Waals surface area (Å²) >= 11 is 5.92. The lowest BCUT2D eigenvalue weighted by Crippen LogP contribution is -2.35. The first kappa shape index (κ1) is 17.3. The first-order valence-electron chi connectivity index (χ1n) is 7.80. The molecular weight excluding hydrogens is 312 g/mol. The number of unbranched alkanes of at least 4 members (excludes halogenated alkanes) is 1. The van der Waals surface area contributed by atoms with E-state index in [2.05, 4.69) is 17.3 Å². The van der Waals surface area contributed by atoms with E-state index in [1.54, 1.807) is 4.68 Å². The van der Waals surface area contributed by atoms with Crippen LogP contribution in [0.1, 0.15) is 31.0 Å². The van der Waals surface area contributed by atoms with E-state index < -0.39 is 0 Å². The molecule has 0 bridgehead atoms. The van der Waals surface area contributed by atoms with Crippen LogP contribution in [-0.4, -0.2) is 27.3 Å². The third-order valence-electron chi connectivity index (χ3n) is 3.61.